The third-order valence-corrected chi connectivity index (χ3v) is 3.28. The smallest absolute Gasteiger partial charge is 0.122 e. The number of aromatic nitrogens is 2. The molecule has 4 nitrogen and oxygen atoms in total. The molecule has 1 aromatic carbocycles. The van der Waals surface area contributed by atoms with Crippen LogP contribution in [0.25, 0.3) is 0 Å². The average Bonchev–Trinajstić information content (AvgIpc) is 2.92. The average molecular weight is 255 g/mol. The third kappa shape index (κ3) is 3.09. The molecule has 19 heavy (non-hydrogen) atoms. The van der Waals surface area contributed by atoms with E-state index in [1.165, 1.54) is 11.1 Å². The summed E-state index contributed by atoms with van der Waals surface area (Å²) < 4.78 is 5.51. The minimum atomic E-state index is 0.766. The maximum Gasteiger partial charge on any atom is 0.122 e. The van der Waals surface area contributed by atoms with Gasteiger partial charge in [-0.1, -0.05) is 12.1 Å². The third-order valence-electron chi connectivity index (χ3n) is 3.28. The van der Waals surface area contributed by atoms with Crippen molar-refractivity contribution in [3.63, 3.8) is 0 Å². The Morgan fingerprint density at radius 2 is 2.26 bits per heavy atom. The Hall–Kier alpha value is -1.94. The van der Waals surface area contributed by atoms with Crippen LogP contribution in [0.5, 0.6) is 5.75 Å². The molecular formula is C15H17N3O. The standard InChI is InChI=1S/C15H17N3O/c1-2-14(18-17-7-1)11-16-8-5-12-3-4-15-13(10-12)6-9-19-15/h1-4,7,10,16H,5-6,8-9,11H2. The van der Waals surface area contributed by atoms with E-state index in [2.05, 4.69) is 33.7 Å². The normalized spacial score (nSPS) is 13.1. The van der Waals surface area contributed by atoms with Gasteiger partial charge in [-0.2, -0.15) is 10.2 Å². The van der Waals surface area contributed by atoms with Crippen LogP contribution in [0.3, 0.4) is 0 Å². The lowest BCUT2D eigenvalue weighted by Crippen LogP contribution is -2.17. The van der Waals surface area contributed by atoms with Crippen LogP contribution in [-0.2, 0) is 19.4 Å². The number of hydrogen-bond acceptors (Lipinski definition) is 4. The Morgan fingerprint density at radius 3 is 3.16 bits per heavy atom. The van der Waals surface area contributed by atoms with Crippen molar-refractivity contribution in [1.29, 1.82) is 0 Å². The quantitative estimate of drug-likeness (QED) is 0.827. The minimum absolute atomic E-state index is 0.766. The van der Waals surface area contributed by atoms with Crippen molar-refractivity contribution in [2.45, 2.75) is 19.4 Å². The van der Waals surface area contributed by atoms with Gasteiger partial charge in [-0.3, -0.25) is 0 Å². The van der Waals surface area contributed by atoms with E-state index in [1.807, 2.05) is 12.1 Å². The van der Waals surface area contributed by atoms with E-state index in [1.54, 1.807) is 6.20 Å². The Bertz CT molecular complexity index is 542. The fraction of sp³-hybridized carbons (Fsp3) is 0.333. The molecule has 0 fully saturated rings. The molecule has 1 aromatic heterocycles. The van der Waals surface area contributed by atoms with Crippen LogP contribution >= 0.6 is 0 Å². The first-order valence-electron chi connectivity index (χ1n) is 6.64. The SMILES string of the molecule is c1cnnc(CNCCc2ccc3c(c2)CCO3)c1. The molecule has 0 saturated carbocycles. The number of ether oxygens (including phenoxy) is 1. The van der Waals surface area contributed by atoms with Crippen molar-refractivity contribution in [2.75, 3.05) is 13.2 Å². The molecule has 2 aromatic rings. The van der Waals surface area contributed by atoms with Crippen LogP contribution in [0.1, 0.15) is 16.8 Å². The Kier molecular flexibility index (Phi) is 3.70. The van der Waals surface area contributed by atoms with Gasteiger partial charge >= 0.3 is 0 Å². The zero-order valence-corrected chi connectivity index (χ0v) is 10.8. The molecule has 0 atom stereocenters. The summed E-state index contributed by atoms with van der Waals surface area (Å²) in [5.74, 6) is 1.05. The van der Waals surface area contributed by atoms with Gasteiger partial charge in [0, 0.05) is 19.2 Å². The topological polar surface area (TPSA) is 47.0 Å². The molecule has 4 heteroatoms. The van der Waals surface area contributed by atoms with Gasteiger partial charge in [0.25, 0.3) is 0 Å². The van der Waals surface area contributed by atoms with Gasteiger partial charge in [0.15, 0.2) is 0 Å². The van der Waals surface area contributed by atoms with E-state index < -0.39 is 0 Å². The molecule has 0 amide bonds. The van der Waals surface area contributed by atoms with Gasteiger partial charge in [0.05, 0.1) is 12.3 Å². The number of fused-ring (bicyclic) bond motifs is 1. The van der Waals surface area contributed by atoms with Gasteiger partial charge in [-0.05, 0) is 42.3 Å². The van der Waals surface area contributed by atoms with Crippen molar-refractivity contribution in [1.82, 2.24) is 15.5 Å². The van der Waals surface area contributed by atoms with Crippen molar-refractivity contribution in [3.8, 4) is 5.75 Å². The fourth-order valence-corrected chi connectivity index (χ4v) is 2.27. The molecule has 0 spiro atoms. The predicted octanol–water partition coefficient (Wildman–Crippen LogP) is 1.74. The maximum absolute atomic E-state index is 5.51. The number of hydrogen-bond donors (Lipinski definition) is 1. The molecule has 0 unspecified atom stereocenters. The predicted molar refractivity (Wildman–Crippen MR) is 73.1 cm³/mol. The van der Waals surface area contributed by atoms with Gasteiger partial charge in [-0.25, -0.2) is 0 Å². The lowest BCUT2D eigenvalue weighted by molar-refractivity contribution is 0.357. The fourth-order valence-electron chi connectivity index (χ4n) is 2.27. The first kappa shape index (κ1) is 12.1. The molecule has 0 bridgehead atoms. The van der Waals surface area contributed by atoms with Crippen LogP contribution < -0.4 is 10.1 Å². The highest BCUT2D eigenvalue weighted by atomic mass is 16.5. The largest absolute Gasteiger partial charge is 0.493 e. The summed E-state index contributed by atoms with van der Waals surface area (Å²) in [5.41, 5.74) is 3.67. The van der Waals surface area contributed by atoms with E-state index in [-0.39, 0.29) is 0 Å². The Morgan fingerprint density at radius 1 is 1.26 bits per heavy atom. The molecule has 0 saturated heterocycles. The highest BCUT2D eigenvalue weighted by molar-refractivity contribution is 5.39. The van der Waals surface area contributed by atoms with Crippen LogP contribution in [0.4, 0.5) is 0 Å². The van der Waals surface area contributed by atoms with Gasteiger partial charge in [-0.15, -0.1) is 0 Å². The Balaban J connectivity index is 1.48. The van der Waals surface area contributed by atoms with E-state index in [0.717, 1.165) is 44.0 Å². The monoisotopic (exact) mass is 255 g/mol. The zero-order chi connectivity index (χ0) is 12.9. The van der Waals surface area contributed by atoms with Crippen molar-refractivity contribution in [3.05, 3.63) is 53.3 Å². The number of nitrogens with zero attached hydrogens (tertiary/aromatic N) is 2. The molecular weight excluding hydrogens is 238 g/mol. The van der Waals surface area contributed by atoms with Crippen molar-refractivity contribution >= 4 is 0 Å². The lowest BCUT2D eigenvalue weighted by atomic mass is 10.1. The molecule has 1 N–H and O–H groups in total. The molecule has 1 aliphatic heterocycles. The maximum atomic E-state index is 5.51. The molecule has 3 rings (SSSR count). The number of nitrogens with one attached hydrogen (secondary N) is 1. The Labute approximate surface area is 112 Å². The molecule has 0 aliphatic carbocycles. The lowest BCUT2D eigenvalue weighted by Gasteiger charge is -2.06. The van der Waals surface area contributed by atoms with Gasteiger partial charge < -0.3 is 10.1 Å². The second kappa shape index (κ2) is 5.80. The second-order valence-corrected chi connectivity index (χ2v) is 4.68. The second-order valence-electron chi connectivity index (χ2n) is 4.68. The number of benzene rings is 1. The van der Waals surface area contributed by atoms with E-state index in [4.69, 9.17) is 4.74 Å². The van der Waals surface area contributed by atoms with Crippen LogP contribution in [-0.4, -0.2) is 23.3 Å². The van der Waals surface area contributed by atoms with Crippen molar-refractivity contribution in [2.24, 2.45) is 0 Å². The first-order chi connectivity index (χ1) is 9.42. The van der Waals surface area contributed by atoms with E-state index in [9.17, 15) is 0 Å². The van der Waals surface area contributed by atoms with Crippen molar-refractivity contribution < 1.29 is 4.74 Å². The zero-order valence-electron chi connectivity index (χ0n) is 10.8. The van der Waals surface area contributed by atoms with Gasteiger partial charge in [0.2, 0.25) is 0 Å². The highest BCUT2D eigenvalue weighted by Gasteiger charge is 2.11. The summed E-state index contributed by atoms with van der Waals surface area (Å²) >= 11 is 0. The van der Waals surface area contributed by atoms with Gasteiger partial charge in [0.1, 0.15) is 5.75 Å². The highest BCUT2D eigenvalue weighted by Crippen LogP contribution is 2.25. The van der Waals surface area contributed by atoms with E-state index in [0.29, 0.717) is 0 Å². The summed E-state index contributed by atoms with van der Waals surface area (Å²) in [6, 6.07) is 10.4. The number of rotatable bonds is 5. The summed E-state index contributed by atoms with van der Waals surface area (Å²) in [7, 11) is 0. The molecule has 1 aliphatic rings. The van der Waals surface area contributed by atoms with Crippen LogP contribution in [0.15, 0.2) is 36.5 Å². The summed E-state index contributed by atoms with van der Waals surface area (Å²) in [5, 5.41) is 11.3. The molecule has 0 radical (unpaired) electrons. The van der Waals surface area contributed by atoms with Crippen LogP contribution in [0.2, 0.25) is 0 Å². The minimum Gasteiger partial charge on any atom is -0.493 e. The summed E-state index contributed by atoms with van der Waals surface area (Å²) in [6.07, 6.45) is 3.75. The molecule has 2 heterocycles. The first-order valence-corrected chi connectivity index (χ1v) is 6.64. The summed E-state index contributed by atoms with van der Waals surface area (Å²) in [4.78, 5) is 0. The van der Waals surface area contributed by atoms with E-state index >= 15 is 0 Å². The van der Waals surface area contributed by atoms with Crippen LogP contribution in [0, 0.1) is 0 Å². The molecule has 98 valence electrons. The summed E-state index contributed by atoms with van der Waals surface area (Å²) in [6.45, 7) is 2.53.